The molecule has 0 aliphatic rings. The summed E-state index contributed by atoms with van der Waals surface area (Å²) in [7, 11) is 0. The molecule has 3 heteroatoms. The maximum absolute atomic E-state index is 12.3. The Bertz CT molecular complexity index is 443. The van der Waals surface area contributed by atoms with E-state index in [4.69, 9.17) is 5.73 Å². The van der Waals surface area contributed by atoms with Crippen LogP contribution in [-0.4, -0.2) is 11.9 Å². The number of nitrogens with one attached hydrogen (secondary N) is 1. The van der Waals surface area contributed by atoms with Crippen molar-refractivity contribution in [2.75, 3.05) is 5.73 Å². The summed E-state index contributed by atoms with van der Waals surface area (Å²) in [6.07, 6.45) is 2.56. The quantitative estimate of drug-likeness (QED) is 0.783. The lowest BCUT2D eigenvalue weighted by Gasteiger charge is -2.32. The van der Waals surface area contributed by atoms with Crippen LogP contribution in [-0.2, 0) is 11.2 Å². The van der Waals surface area contributed by atoms with Crippen molar-refractivity contribution in [3.63, 3.8) is 0 Å². The largest absolute Gasteiger partial charge is 0.399 e. The number of amides is 1. The smallest absolute Gasteiger partial charge is 0.224 e. The first-order valence-corrected chi connectivity index (χ1v) is 7.82. The van der Waals surface area contributed by atoms with E-state index in [1.54, 1.807) is 0 Å². The molecular formula is C18H30N2O. The molecule has 0 aromatic heterocycles. The van der Waals surface area contributed by atoms with Gasteiger partial charge in [-0.1, -0.05) is 46.8 Å². The van der Waals surface area contributed by atoms with E-state index in [1.807, 2.05) is 24.3 Å². The summed E-state index contributed by atoms with van der Waals surface area (Å²) < 4.78 is 0. The van der Waals surface area contributed by atoms with Crippen LogP contribution in [0, 0.1) is 11.3 Å². The van der Waals surface area contributed by atoms with Crippen molar-refractivity contribution in [3.05, 3.63) is 29.8 Å². The van der Waals surface area contributed by atoms with Gasteiger partial charge in [0.15, 0.2) is 0 Å². The van der Waals surface area contributed by atoms with Crippen LogP contribution in [0.4, 0.5) is 5.69 Å². The molecule has 0 saturated carbocycles. The molecule has 0 aliphatic heterocycles. The lowest BCUT2D eigenvalue weighted by molar-refractivity contribution is -0.122. The molecule has 0 saturated heterocycles. The number of nitrogen functional groups attached to an aromatic ring is 1. The second kappa shape index (κ2) is 7.48. The van der Waals surface area contributed by atoms with Gasteiger partial charge in [-0.3, -0.25) is 4.79 Å². The lowest BCUT2D eigenvalue weighted by Crippen LogP contribution is -2.44. The van der Waals surface area contributed by atoms with E-state index in [0.29, 0.717) is 12.3 Å². The first kappa shape index (κ1) is 17.5. The zero-order valence-electron chi connectivity index (χ0n) is 14.1. The van der Waals surface area contributed by atoms with E-state index < -0.39 is 0 Å². The van der Waals surface area contributed by atoms with E-state index in [-0.39, 0.29) is 17.4 Å². The number of rotatable bonds is 6. The highest BCUT2D eigenvalue weighted by atomic mass is 16.1. The molecule has 3 nitrogen and oxygen atoms in total. The van der Waals surface area contributed by atoms with Crippen molar-refractivity contribution >= 4 is 11.6 Å². The molecule has 1 amide bonds. The molecule has 0 radical (unpaired) electrons. The fraction of sp³-hybridized carbons (Fsp3) is 0.611. The molecule has 1 aromatic rings. The summed E-state index contributed by atoms with van der Waals surface area (Å²) in [5, 5.41) is 3.21. The minimum Gasteiger partial charge on any atom is -0.399 e. The molecular weight excluding hydrogens is 260 g/mol. The van der Waals surface area contributed by atoms with E-state index in [0.717, 1.165) is 24.1 Å². The molecule has 1 aromatic carbocycles. The van der Waals surface area contributed by atoms with Gasteiger partial charge in [0, 0.05) is 11.7 Å². The SMILES string of the molecule is CC(C)CCC(NC(=O)Cc1ccc(N)cc1)C(C)(C)C. The fourth-order valence-corrected chi connectivity index (χ4v) is 2.29. The molecule has 118 valence electrons. The van der Waals surface area contributed by atoms with Crippen molar-refractivity contribution < 1.29 is 4.79 Å². The predicted octanol–water partition coefficient (Wildman–Crippen LogP) is 3.78. The van der Waals surface area contributed by atoms with Crippen molar-refractivity contribution in [3.8, 4) is 0 Å². The van der Waals surface area contributed by atoms with Crippen LogP contribution in [0.2, 0.25) is 0 Å². The van der Waals surface area contributed by atoms with Gasteiger partial charge in [0.05, 0.1) is 6.42 Å². The number of hydrogen-bond donors (Lipinski definition) is 2. The molecule has 0 bridgehead atoms. The fourth-order valence-electron chi connectivity index (χ4n) is 2.29. The van der Waals surface area contributed by atoms with Gasteiger partial charge >= 0.3 is 0 Å². The van der Waals surface area contributed by atoms with Crippen LogP contribution in [0.25, 0.3) is 0 Å². The molecule has 0 spiro atoms. The van der Waals surface area contributed by atoms with Crippen molar-refractivity contribution in [1.82, 2.24) is 5.32 Å². The Morgan fingerprint density at radius 3 is 2.19 bits per heavy atom. The highest BCUT2D eigenvalue weighted by Gasteiger charge is 2.26. The van der Waals surface area contributed by atoms with Crippen LogP contribution in [0.5, 0.6) is 0 Å². The van der Waals surface area contributed by atoms with Gasteiger partial charge in [0.25, 0.3) is 0 Å². The number of anilines is 1. The van der Waals surface area contributed by atoms with Crippen molar-refractivity contribution in [2.24, 2.45) is 11.3 Å². The third kappa shape index (κ3) is 6.65. The molecule has 0 aliphatic carbocycles. The Labute approximate surface area is 129 Å². The van der Waals surface area contributed by atoms with Crippen LogP contribution < -0.4 is 11.1 Å². The summed E-state index contributed by atoms with van der Waals surface area (Å²) in [5.74, 6) is 0.743. The van der Waals surface area contributed by atoms with Gasteiger partial charge in [0.2, 0.25) is 5.91 Å². The van der Waals surface area contributed by atoms with Gasteiger partial charge in [-0.05, 0) is 41.9 Å². The average molecular weight is 290 g/mol. The Kier molecular flexibility index (Phi) is 6.25. The van der Waals surface area contributed by atoms with Gasteiger partial charge in [-0.2, -0.15) is 0 Å². The summed E-state index contributed by atoms with van der Waals surface area (Å²) in [4.78, 5) is 12.3. The van der Waals surface area contributed by atoms with Crippen LogP contribution >= 0.6 is 0 Å². The molecule has 1 atom stereocenters. The molecule has 1 rings (SSSR count). The zero-order chi connectivity index (χ0) is 16.0. The molecule has 0 heterocycles. The summed E-state index contributed by atoms with van der Waals surface area (Å²) in [6, 6.07) is 7.70. The normalized spacial score (nSPS) is 13.2. The Hall–Kier alpha value is -1.51. The Morgan fingerprint density at radius 1 is 1.14 bits per heavy atom. The summed E-state index contributed by atoms with van der Waals surface area (Å²) >= 11 is 0. The first-order valence-electron chi connectivity index (χ1n) is 7.82. The van der Waals surface area contributed by atoms with E-state index in [1.165, 1.54) is 0 Å². The highest BCUT2D eigenvalue weighted by Crippen LogP contribution is 2.24. The topological polar surface area (TPSA) is 55.1 Å². The number of hydrogen-bond acceptors (Lipinski definition) is 2. The molecule has 1 unspecified atom stereocenters. The lowest BCUT2D eigenvalue weighted by atomic mass is 9.82. The molecule has 3 N–H and O–H groups in total. The standard InChI is InChI=1S/C18H30N2O/c1-13(2)6-11-16(18(3,4)5)20-17(21)12-14-7-9-15(19)10-8-14/h7-10,13,16H,6,11-12,19H2,1-5H3,(H,20,21). The Balaban J connectivity index is 2.61. The zero-order valence-corrected chi connectivity index (χ0v) is 14.1. The van der Waals surface area contributed by atoms with Crippen LogP contribution in [0.1, 0.15) is 53.0 Å². The maximum atomic E-state index is 12.3. The third-order valence-corrected chi connectivity index (χ3v) is 3.76. The van der Waals surface area contributed by atoms with E-state index in [2.05, 4.69) is 39.9 Å². The monoisotopic (exact) mass is 290 g/mol. The number of carbonyl (C=O) groups excluding carboxylic acids is 1. The predicted molar refractivity (Wildman–Crippen MR) is 90.0 cm³/mol. The molecule has 21 heavy (non-hydrogen) atoms. The van der Waals surface area contributed by atoms with Gasteiger partial charge in [0.1, 0.15) is 0 Å². The molecule has 0 fully saturated rings. The second-order valence-corrected chi connectivity index (χ2v) is 7.38. The average Bonchev–Trinajstić information content (AvgIpc) is 2.35. The Morgan fingerprint density at radius 2 is 1.71 bits per heavy atom. The first-order chi connectivity index (χ1) is 9.68. The van der Waals surface area contributed by atoms with Crippen molar-refractivity contribution in [1.29, 1.82) is 0 Å². The summed E-state index contributed by atoms with van der Waals surface area (Å²) in [5.41, 5.74) is 7.46. The van der Waals surface area contributed by atoms with E-state index >= 15 is 0 Å². The van der Waals surface area contributed by atoms with Crippen molar-refractivity contribution in [2.45, 2.75) is 59.9 Å². The summed E-state index contributed by atoms with van der Waals surface area (Å²) in [6.45, 7) is 11.0. The van der Waals surface area contributed by atoms with Crippen LogP contribution in [0.3, 0.4) is 0 Å². The number of carbonyl (C=O) groups is 1. The minimum absolute atomic E-state index is 0.0751. The van der Waals surface area contributed by atoms with Gasteiger partial charge in [-0.25, -0.2) is 0 Å². The third-order valence-electron chi connectivity index (χ3n) is 3.76. The minimum atomic E-state index is 0.0751. The van der Waals surface area contributed by atoms with Crippen LogP contribution in [0.15, 0.2) is 24.3 Å². The van der Waals surface area contributed by atoms with E-state index in [9.17, 15) is 4.79 Å². The highest BCUT2D eigenvalue weighted by molar-refractivity contribution is 5.79. The van der Waals surface area contributed by atoms with Gasteiger partial charge < -0.3 is 11.1 Å². The van der Waals surface area contributed by atoms with Gasteiger partial charge in [-0.15, -0.1) is 0 Å². The second-order valence-electron chi connectivity index (χ2n) is 7.38. The number of benzene rings is 1. The number of nitrogens with two attached hydrogens (primary N) is 1. The maximum Gasteiger partial charge on any atom is 0.224 e.